The Labute approximate surface area is 117 Å². The molecule has 0 aliphatic heterocycles. The molecule has 0 fully saturated rings. The number of hydrogen-bond donors (Lipinski definition) is 6. The zero-order valence-electron chi connectivity index (χ0n) is 11.4. The van der Waals surface area contributed by atoms with Crippen LogP contribution in [0.4, 0.5) is 0 Å². The lowest BCUT2D eigenvalue weighted by Crippen LogP contribution is -2.20. The van der Waals surface area contributed by atoms with Gasteiger partial charge in [0, 0.05) is 6.10 Å². The third kappa shape index (κ3) is 58.4. The fourth-order valence-electron chi connectivity index (χ4n) is 0.385. The Morgan fingerprint density at radius 1 is 0.900 bits per heavy atom. The molecule has 1 rings (SSSR count). The normalized spacial score (nSPS) is 7.60. The molecule has 1 aromatic carbocycles. The monoisotopic (exact) mass is 287 g/mol. The molecule has 0 aliphatic rings. The van der Waals surface area contributed by atoms with Gasteiger partial charge in [0.1, 0.15) is 0 Å². The Balaban J connectivity index is -0.000000197. The van der Waals surface area contributed by atoms with Crippen molar-refractivity contribution in [1.82, 2.24) is 0 Å². The van der Waals surface area contributed by atoms with Crippen LogP contribution in [0.2, 0.25) is 0 Å². The van der Waals surface area contributed by atoms with E-state index in [-0.39, 0.29) is 12.1 Å². The van der Waals surface area contributed by atoms with Crippen LogP contribution in [0.3, 0.4) is 0 Å². The number of nitrogens with two attached hydrogens (primary N) is 2. The highest BCUT2D eigenvalue weighted by Crippen LogP contribution is 1.79. The first-order chi connectivity index (χ1) is 9.11. The number of aliphatic carboxylic acids is 2. The Hall–Kier alpha value is -2.61. The first-order valence-electron chi connectivity index (χ1n) is 5.35. The summed E-state index contributed by atoms with van der Waals surface area (Å²) in [5.41, 5.74) is 8.94. The van der Waals surface area contributed by atoms with E-state index in [0.717, 1.165) is 0 Å². The second-order valence-electron chi connectivity index (χ2n) is 3.31. The van der Waals surface area contributed by atoms with Crippen LogP contribution in [0.25, 0.3) is 0 Å². The van der Waals surface area contributed by atoms with Crippen molar-refractivity contribution in [3.05, 3.63) is 36.4 Å². The van der Waals surface area contributed by atoms with Crippen molar-refractivity contribution in [3.8, 4) is 0 Å². The van der Waals surface area contributed by atoms with Crippen LogP contribution < -0.4 is 11.5 Å². The summed E-state index contributed by atoms with van der Waals surface area (Å²) in [5.74, 6) is -3.98. The fourth-order valence-corrected chi connectivity index (χ4v) is 0.385. The second-order valence-corrected chi connectivity index (χ2v) is 3.31. The van der Waals surface area contributed by atoms with E-state index in [0.29, 0.717) is 0 Å². The van der Waals surface area contributed by atoms with Crippen molar-refractivity contribution < 1.29 is 24.9 Å². The average molecular weight is 287 g/mol. The van der Waals surface area contributed by atoms with Gasteiger partial charge in [0.15, 0.2) is 5.96 Å². The number of hydrogen-bond acceptors (Lipinski definition) is 4. The van der Waals surface area contributed by atoms with Crippen molar-refractivity contribution >= 4 is 17.9 Å². The molecule has 0 radical (unpaired) electrons. The third-order valence-corrected chi connectivity index (χ3v) is 0.850. The SMILES string of the molecule is CC(C)O.N=C(N)N.O=C(O)C(=O)O.c1ccccc1. The standard InChI is InChI=1S/C6H6.C3H8O.C2H2O4.CH5N3/c1-2-4-6-5-3-1;1-3(2)4;3-1(4)2(5)6;2-1(3)4/h1-6H;3-4H,1-2H3;(H,3,4)(H,5,6);(H5,2,3,4). The molecule has 0 bridgehead atoms. The van der Waals surface area contributed by atoms with Crippen molar-refractivity contribution in [3.63, 3.8) is 0 Å². The molecule has 0 amide bonds. The number of rotatable bonds is 0. The van der Waals surface area contributed by atoms with Crippen molar-refractivity contribution in [2.24, 2.45) is 11.5 Å². The Bertz CT molecular complexity index is 323. The van der Waals surface area contributed by atoms with Gasteiger partial charge in [0.25, 0.3) is 0 Å². The topological polar surface area (TPSA) is 171 Å². The molecule has 0 atom stereocenters. The van der Waals surface area contributed by atoms with Gasteiger partial charge in [-0.25, -0.2) is 9.59 Å². The van der Waals surface area contributed by atoms with Crippen LogP contribution in [-0.4, -0.2) is 39.3 Å². The van der Waals surface area contributed by atoms with Gasteiger partial charge in [0.05, 0.1) is 0 Å². The van der Waals surface area contributed by atoms with E-state index in [1.807, 2.05) is 36.4 Å². The minimum absolute atomic E-state index is 0.167. The van der Waals surface area contributed by atoms with E-state index in [4.69, 9.17) is 30.3 Å². The summed E-state index contributed by atoms with van der Waals surface area (Å²) >= 11 is 0. The lowest BCUT2D eigenvalue weighted by atomic mass is 10.4. The highest BCUT2D eigenvalue weighted by molar-refractivity contribution is 6.27. The summed E-state index contributed by atoms with van der Waals surface area (Å²) in [6, 6.07) is 12.0. The van der Waals surface area contributed by atoms with Crippen molar-refractivity contribution in [2.75, 3.05) is 0 Å². The molecule has 0 saturated carbocycles. The van der Waals surface area contributed by atoms with Gasteiger partial charge in [0.2, 0.25) is 0 Å². The molecule has 0 aliphatic carbocycles. The first kappa shape index (κ1) is 22.6. The minimum atomic E-state index is -1.82. The second kappa shape index (κ2) is 16.4. The number of benzene rings is 1. The number of guanidine groups is 1. The molecule has 1 aromatic rings. The van der Waals surface area contributed by atoms with Crippen LogP contribution >= 0.6 is 0 Å². The average Bonchev–Trinajstić information content (AvgIpc) is 2.30. The van der Waals surface area contributed by atoms with Gasteiger partial charge in [-0.15, -0.1) is 0 Å². The molecule has 8 heteroatoms. The predicted molar refractivity (Wildman–Crippen MR) is 75.2 cm³/mol. The van der Waals surface area contributed by atoms with Crippen LogP contribution in [0.15, 0.2) is 36.4 Å². The quantitative estimate of drug-likeness (QED) is 0.222. The van der Waals surface area contributed by atoms with Gasteiger partial charge >= 0.3 is 11.9 Å². The number of nitrogens with one attached hydrogen (secondary N) is 1. The van der Waals surface area contributed by atoms with E-state index in [9.17, 15) is 0 Å². The summed E-state index contributed by atoms with van der Waals surface area (Å²) in [4.78, 5) is 18.2. The summed E-state index contributed by atoms with van der Waals surface area (Å²) in [7, 11) is 0. The molecule has 0 saturated heterocycles. The highest BCUT2D eigenvalue weighted by atomic mass is 16.4. The molecule has 0 aromatic heterocycles. The lowest BCUT2D eigenvalue weighted by molar-refractivity contribution is -0.159. The zero-order chi connectivity index (χ0) is 16.6. The molecule has 0 spiro atoms. The van der Waals surface area contributed by atoms with Crippen molar-refractivity contribution in [2.45, 2.75) is 20.0 Å². The van der Waals surface area contributed by atoms with Crippen LogP contribution in [0.5, 0.6) is 0 Å². The van der Waals surface area contributed by atoms with E-state index in [2.05, 4.69) is 11.5 Å². The number of aliphatic hydroxyl groups excluding tert-OH is 1. The molecule has 8 N–H and O–H groups in total. The van der Waals surface area contributed by atoms with Gasteiger partial charge in [-0.1, -0.05) is 36.4 Å². The molecule has 8 nitrogen and oxygen atoms in total. The predicted octanol–water partition coefficient (Wildman–Crippen LogP) is 0.0679. The summed E-state index contributed by atoms with van der Waals surface area (Å²) < 4.78 is 0. The molecule has 114 valence electrons. The summed E-state index contributed by atoms with van der Waals surface area (Å²) in [6.07, 6.45) is -0.167. The number of carboxylic acid groups (broad SMARTS) is 2. The molecule has 0 heterocycles. The molecule has 20 heavy (non-hydrogen) atoms. The van der Waals surface area contributed by atoms with E-state index >= 15 is 0 Å². The minimum Gasteiger partial charge on any atom is -0.473 e. The smallest absolute Gasteiger partial charge is 0.414 e. The third-order valence-electron chi connectivity index (χ3n) is 0.850. The lowest BCUT2D eigenvalue weighted by Gasteiger charge is -1.80. The molecular formula is C12H21N3O5. The van der Waals surface area contributed by atoms with Gasteiger partial charge in [-0.05, 0) is 13.8 Å². The molecule has 0 unspecified atom stereocenters. The molecular weight excluding hydrogens is 266 g/mol. The van der Waals surface area contributed by atoms with Gasteiger partial charge in [-0.3, -0.25) is 5.41 Å². The van der Waals surface area contributed by atoms with Gasteiger partial charge in [-0.2, -0.15) is 0 Å². The number of carbonyl (C=O) groups is 2. The van der Waals surface area contributed by atoms with Crippen LogP contribution in [-0.2, 0) is 9.59 Å². The zero-order valence-corrected chi connectivity index (χ0v) is 11.4. The van der Waals surface area contributed by atoms with Crippen LogP contribution in [0.1, 0.15) is 13.8 Å². The fraction of sp³-hybridized carbons (Fsp3) is 0.250. The maximum absolute atomic E-state index is 9.10. The Kier molecular flexibility index (Phi) is 18.5. The van der Waals surface area contributed by atoms with E-state index in [1.54, 1.807) is 13.8 Å². The van der Waals surface area contributed by atoms with Crippen molar-refractivity contribution in [1.29, 1.82) is 5.41 Å². The summed E-state index contributed by atoms with van der Waals surface area (Å²) in [6.45, 7) is 3.44. The van der Waals surface area contributed by atoms with Gasteiger partial charge < -0.3 is 26.8 Å². The highest BCUT2D eigenvalue weighted by Gasteiger charge is 2.04. The van der Waals surface area contributed by atoms with Crippen LogP contribution in [0, 0.1) is 5.41 Å². The van der Waals surface area contributed by atoms with E-state index < -0.39 is 11.9 Å². The first-order valence-corrected chi connectivity index (χ1v) is 5.35. The number of carboxylic acids is 2. The Morgan fingerprint density at radius 3 is 1.05 bits per heavy atom. The maximum atomic E-state index is 9.10. The largest absolute Gasteiger partial charge is 0.473 e. The maximum Gasteiger partial charge on any atom is 0.414 e. The summed E-state index contributed by atoms with van der Waals surface area (Å²) in [5, 5.41) is 28.9. The Morgan fingerprint density at radius 2 is 1.00 bits per heavy atom. The van der Waals surface area contributed by atoms with E-state index in [1.165, 1.54) is 0 Å². The number of aliphatic hydroxyl groups is 1.